The van der Waals surface area contributed by atoms with Gasteiger partial charge in [0.1, 0.15) is 17.3 Å². The summed E-state index contributed by atoms with van der Waals surface area (Å²) in [5.41, 5.74) is 4.77. The Balaban J connectivity index is 1.53. The van der Waals surface area contributed by atoms with E-state index in [1.807, 2.05) is 24.3 Å². The molecule has 4 aromatic rings. The van der Waals surface area contributed by atoms with E-state index in [0.29, 0.717) is 28.8 Å². The number of aromatic amines is 1. The molecule has 9 nitrogen and oxygen atoms in total. The second kappa shape index (κ2) is 7.23. The van der Waals surface area contributed by atoms with Gasteiger partial charge in [0, 0.05) is 0 Å². The Hall–Kier alpha value is -4.14. The van der Waals surface area contributed by atoms with Crippen LogP contribution in [-0.2, 0) is 0 Å². The number of anilines is 1. The zero-order valence-corrected chi connectivity index (χ0v) is 14.7. The fourth-order valence-electron chi connectivity index (χ4n) is 2.73. The number of nitrogens with one attached hydrogen (secondary N) is 2. The molecule has 0 bridgehead atoms. The molecule has 0 fully saturated rings. The quantitative estimate of drug-likeness (QED) is 0.295. The van der Waals surface area contributed by atoms with Gasteiger partial charge in [0.2, 0.25) is 5.95 Å². The second-order valence-corrected chi connectivity index (χ2v) is 5.81. The predicted octanol–water partition coefficient (Wildman–Crippen LogP) is 4.19. The van der Waals surface area contributed by atoms with Crippen molar-refractivity contribution < 1.29 is 14.1 Å². The average Bonchev–Trinajstić information content (AvgIpc) is 3.34. The molecule has 2 N–H and O–H groups in total. The normalized spacial score (nSPS) is 11.2. The van der Waals surface area contributed by atoms with Gasteiger partial charge >= 0.3 is 0 Å². The smallest absolute Gasteiger partial charge is 0.284 e. The number of hydrogen-bond donors (Lipinski definition) is 2. The van der Waals surface area contributed by atoms with Crippen molar-refractivity contribution in [3.05, 3.63) is 70.5 Å². The van der Waals surface area contributed by atoms with Gasteiger partial charge in [0.25, 0.3) is 5.69 Å². The lowest BCUT2D eigenvalue weighted by atomic mass is 10.1. The lowest BCUT2D eigenvalue weighted by Crippen LogP contribution is -1.93. The van der Waals surface area contributed by atoms with E-state index in [4.69, 9.17) is 9.15 Å². The van der Waals surface area contributed by atoms with Crippen LogP contribution in [0.25, 0.3) is 22.4 Å². The fourth-order valence-corrected chi connectivity index (χ4v) is 2.73. The summed E-state index contributed by atoms with van der Waals surface area (Å²) in [6.45, 7) is 0. The highest BCUT2D eigenvalue weighted by Gasteiger charge is 2.19. The summed E-state index contributed by atoms with van der Waals surface area (Å²) in [6.07, 6.45) is 1.46. The van der Waals surface area contributed by atoms with Crippen LogP contribution in [-0.4, -0.2) is 28.2 Å². The lowest BCUT2D eigenvalue weighted by Gasteiger charge is -2.03. The van der Waals surface area contributed by atoms with Crippen LogP contribution in [0.4, 0.5) is 11.6 Å². The number of ether oxygens (including phenoxy) is 1. The number of methoxy groups -OCH3 is 1. The third-order valence-corrected chi connectivity index (χ3v) is 4.05. The molecule has 140 valence electrons. The monoisotopic (exact) mass is 377 g/mol. The molecule has 0 saturated heterocycles. The Bertz CT molecular complexity index is 1150. The first-order valence-corrected chi connectivity index (χ1v) is 8.30. The van der Waals surface area contributed by atoms with E-state index in [2.05, 4.69) is 20.5 Å². The summed E-state index contributed by atoms with van der Waals surface area (Å²) >= 11 is 0. The minimum atomic E-state index is -0.475. The Labute approximate surface area is 158 Å². The van der Waals surface area contributed by atoms with Crippen molar-refractivity contribution in [3.8, 4) is 17.1 Å². The first kappa shape index (κ1) is 17.3. The van der Waals surface area contributed by atoms with Crippen LogP contribution in [0.2, 0.25) is 0 Å². The summed E-state index contributed by atoms with van der Waals surface area (Å²) in [5, 5.41) is 15.4. The van der Waals surface area contributed by atoms with Crippen molar-refractivity contribution in [2.45, 2.75) is 0 Å². The standard InChI is InChI=1S/C19H15N5O4/c1-27-12-6-8-14(17(10-12)24(25)26)18-9-7-13(28-18)11-20-23-19-21-15-4-2-3-5-16(15)22-19/h2-11H,1H3,(H2,21,22,23)/b20-11-. The molecular weight excluding hydrogens is 362 g/mol. The maximum atomic E-state index is 11.3. The van der Waals surface area contributed by atoms with Crippen molar-refractivity contribution >= 4 is 28.9 Å². The van der Waals surface area contributed by atoms with Crippen molar-refractivity contribution in [2.75, 3.05) is 12.5 Å². The average molecular weight is 377 g/mol. The van der Waals surface area contributed by atoms with Gasteiger partial charge < -0.3 is 14.1 Å². The van der Waals surface area contributed by atoms with Crippen LogP contribution in [0.3, 0.4) is 0 Å². The number of nitrogens with zero attached hydrogens (tertiary/aromatic N) is 3. The van der Waals surface area contributed by atoms with Crippen molar-refractivity contribution in [2.24, 2.45) is 5.10 Å². The van der Waals surface area contributed by atoms with E-state index >= 15 is 0 Å². The Morgan fingerprint density at radius 2 is 2.11 bits per heavy atom. The third kappa shape index (κ3) is 3.40. The number of rotatable bonds is 6. The van der Waals surface area contributed by atoms with Gasteiger partial charge in [-0.2, -0.15) is 5.10 Å². The van der Waals surface area contributed by atoms with Gasteiger partial charge in [0.15, 0.2) is 0 Å². The minimum absolute atomic E-state index is 0.0995. The van der Waals surface area contributed by atoms with Gasteiger partial charge in [-0.1, -0.05) is 12.1 Å². The molecule has 4 rings (SSSR count). The number of hydrogen-bond acceptors (Lipinski definition) is 7. The van der Waals surface area contributed by atoms with E-state index in [0.717, 1.165) is 11.0 Å². The molecule has 2 heterocycles. The summed E-state index contributed by atoms with van der Waals surface area (Å²) in [5.74, 6) is 1.69. The molecule has 0 saturated carbocycles. The molecular formula is C19H15N5O4. The zero-order valence-electron chi connectivity index (χ0n) is 14.7. The topological polar surface area (TPSA) is 119 Å². The first-order valence-electron chi connectivity index (χ1n) is 8.30. The van der Waals surface area contributed by atoms with E-state index in [1.165, 1.54) is 19.4 Å². The van der Waals surface area contributed by atoms with Gasteiger partial charge in [-0.25, -0.2) is 10.4 Å². The van der Waals surface area contributed by atoms with Crippen LogP contribution >= 0.6 is 0 Å². The highest BCUT2D eigenvalue weighted by molar-refractivity contribution is 5.80. The number of hydrazone groups is 1. The summed E-state index contributed by atoms with van der Waals surface area (Å²) in [6, 6.07) is 15.5. The number of fused-ring (bicyclic) bond motifs is 1. The molecule has 0 radical (unpaired) electrons. The highest BCUT2D eigenvalue weighted by atomic mass is 16.6. The number of imidazole rings is 1. The van der Waals surface area contributed by atoms with Crippen LogP contribution < -0.4 is 10.2 Å². The molecule has 9 heteroatoms. The number of nitro groups is 1. The summed E-state index contributed by atoms with van der Waals surface area (Å²) in [4.78, 5) is 18.3. The Morgan fingerprint density at radius 3 is 2.89 bits per heavy atom. The zero-order chi connectivity index (χ0) is 19.5. The maximum Gasteiger partial charge on any atom is 0.284 e. The summed E-state index contributed by atoms with van der Waals surface area (Å²) in [7, 11) is 1.45. The fraction of sp³-hybridized carbons (Fsp3) is 0.0526. The largest absolute Gasteiger partial charge is 0.497 e. The van der Waals surface area contributed by atoms with Gasteiger partial charge in [-0.3, -0.25) is 10.1 Å². The SMILES string of the molecule is COc1ccc(-c2ccc(/C=N\Nc3nc4ccccc4[nH]3)o2)c([N+](=O)[O-])c1. The van der Waals surface area contributed by atoms with E-state index in [9.17, 15) is 10.1 Å². The minimum Gasteiger partial charge on any atom is -0.497 e. The Kier molecular flexibility index (Phi) is 4.47. The van der Waals surface area contributed by atoms with Crippen LogP contribution in [0, 0.1) is 10.1 Å². The molecule has 2 aromatic heterocycles. The molecule has 0 aliphatic rings. The molecule has 0 aliphatic heterocycles. The predicted molar refractivity (Wildman–Crippen MR) is 105 cm³/mol. The van der Waals surface area contributed by atoms with Crippen molar-refractivity contribution in [3.63, 3.8) is 0 Å². The number of nitro benzene ring substituents is 1. The molecule has 0 aliphatic carbocycles. The van der Waals surface area contributed by atoms with Gasteiger partial charge in [-0.15, -0.1) is 0 Å². The van der Waals surface area contributed by atoms with E-state index in [-0.39, 0.29) is 5.69 Å². The molecule has 2 aromatic carbocycles. The van der Waals surface area contributed by atoms with Crippen LogP contribution in [0.15, 0.2) is 64.1 Å². The molecule has 0 spiro atoms. The molecule has 0 atom stereocenters. The molecule has 28 heavy (non-hydrogen) atoms. The second-order valence-electron chi connectivity index (χ2n) is 5.81. The number of furan rings is 1. The van der Waals surface area contributed by atoms with Crippen molar-refractivity contribution in [1.29, 1.82) is 0 Å². The molecule has 0 amide bonds. The van der Waals surface area contributed by atoms with Crippen molar-refractivity contribution in [1.82, 2.24) is 9.97 Å². The third-order valence-electron chi connectivity index (χ3n) is 4.05. The number of benzene rings is 2. The summed E-state index contributed by atoms with van der Waals surface area (Å²) < 4.78 is 10.7. The lowest BCUT2D eigenvalue weighted by molar-refractivity contribution is -0.384. The van der Waals surface area contributed by atoms with Gasteiger partial charge in [-0.05, 0) is 36.4 Å². The van der Waals surface area contributed by atoms with E-state index in [1.54, 1.807) is 24.3 Å². The van der Waals surface area contributed by atoms with E-state index < -0.39 is 4.92 Å². The van der Waals surface area contributed by atoms with Gasteiger partial charge in [0.05, 0.1) is 40.9 Å². The number of aromatic nitrogens is 2. The number of H-pyrrole nitrogens is 1. The Morgan fingerprint density at radius 1 is 1.25 bits per heavy atom. The molecule has 0 unspecified atom stereocenters. The first-order chi connectivity index (χ1) is 13.6. The highest BCUT2D eigenvalue weighted by Crippen LogP contribution is 2.33. The maximum absolute atomic E-state index is 11.3. The number of para-hydroxylation sites is 2. The van der Waals surface area contributed by atoms with Crippen LogP contribution in [0.1, 0.15) is 5.76 Å². The van der Waals surface area contributed by atoms with Crippen LogP contribution in [0.5, 0.6) is 5.75 Å².